The third kappa shape index (κ3) is 2.81. The standard InChI is InChI=1S/C17H13N3OS.ClH/c1-11-6-8-12(9-7-11)14-10-16(21)20(19-14)17-18-13-4-2-3-5-15(13)22-17;/h2-10,19H,1H3;1H. The first kappa shape index (κ1) is 15.5. The van der Waals surface area contributed by atoms with E-state index in [2.05, 4.69) is 10.1 Å². The van der Waals surface area contributed by atoms with E-state index in [0.717, 1.165) is 21.5 Å². The molecule has 0 unspecified atom stereocenters. The van der Waals surface area contributed by atoms with Gasteiger partial charge in [0.05, 0.1) is 15.9 Å². The minimum atomic E-state index is -0.102. The Kier molecular flexibility index (Phi) is 4.07. The molecule has 0 bridgehead atoms. The maximum absolute atomic E-state index is 12.3. The van der Waals surface area contributed by atoms with Gasteiger partial charge >= 0.3 is 0 Å². The van der Waals surface area contributed by atoms with E-state index in [9.17, 15) is 4.79 Å². The zero-order chi connectivity index (χ0) is 15.1. The molecule has 0 aliphatic rings. The molecular weight excluding hydrogens is 330 g/mol. The first-order valence-corrected chi connectivity index (χ1v) is 7.77. The summed E-state index contributed by atoms with van der Waals surface area (Å²) in [6.45, 7) is 2.04. The average Bonchev–Trinajstić information content (AvgIpc) is 3.11. The molecule has 4 nitrogen and oxygen atoms in total. The second-order valence-corrected chi connectivity index (χ2v) is 6.18. The molecule has 2 aromatic heterocycles. The number of nitrogens with zero attached hydrogens (tertiary/aromatic N) is 2. The summed E-state index contributed by atoms with van der Waals surface area (Å²) < 4.78 is 2.57. The second-order valence-electron chi connectivity index (χ2n) is 5.17. The molecule has 0 radical (unpaired) electrons. The molecule has 0 aliphatic carbocycles. The summed E-state index contributed by atoms with van der Waals surface area (Å²) in [6.07, 6.45) is 0. The van der Waals surface area contributed by atoms with Crippen LogP contribution in [-0.4, -0.2) is 14.8 Å². The normalized spacial score (nSPS) is 10.7. The van der Waals surface area contributed by atoms with Crippen LogP contribution in [0.4, 0.5) is 0 Å². The van der Waals surface area contributed by atoms with Gasteiger partial charge in [-0.25, -0.2) is 4.98 Å². The maximum atomic E-state index is 12.3. The fraction of sp³-hybridized carbons (Fsp3) is 0.0588. The van der Waals surface area contributed by atoms with Crippen LogP contribution in [0.15, 0.2) is 59.4 Å². The molecule has 2 aromatic carbocycles. The molecule has 1 N–H and O–H groups in total. The highest BCUT2D eigenvalue weighted by atomic mass is 35.5. The van der Waals surface area contributed by atoms with Gasteiger partial charge in [0.15, 0.2) is 0 Å². The van der Waals surface area contributed by atoms with Crippen molar-refractivity contribution >= 4 is 34.0 Å². The fourth-order valence-corrected chi connectivity index (χ4v) is 3.31. The summed E-state index contributed by atoms with van der Waals surface area (Å²) in [7, 11) is 0. The molecule has 0 amide bonds. The zero-order valence-corrected chi connectivity index (χ0v) is 13.9. The third-order valence-corrected chi connectivity index (χ3v) is 4.58. The van der Waals surface area contributed by atoms with Gasteiger partial charge in [-0.3, -0.25) is 9.89 Å². The predicted molar refractivity (Wildman–Crippen MR) is 97.0 cm³/mol. The largest absolute Gasteiger partial charge is 0.288 e. The Balaban J connectivity index is 0.00000156. The van der Waals surface area contributed by atoms with Crippen LogP contribution in [0, 0.1) is 6.92 Å². The van der Waals surface area contributed by atoms with E-state index in [1.807, 2.05) is 55.5 Å². The van der Waals surface area contributed by atoms with E-state index in [1.54, 1.807) is 6.07 Å². The lowest BCUT2D eigenvalue weighted by molar-refractivity contribution is 0.846. The third-order valence-electron chi connectivity index (χ3n) is 3.56. The minimum Gasteiger partial charge on any atom is -0.288 e. The van der Waals surface area contributed by atoms with Crippen molar-refractivity contribution < 1.29 is 0 Å². The molecule has 0 saturated heterocycles. The van der Waals surface area contributed by atoms with Crippen LogP contribution in [0.25, 0.3) is 26.6 Å². The van der Waals surface area contributed by atoms with Gasteiger partial charge in [0, 0.05) is 6.07 Å². The number of para-hydroxylation sites is 1. The lowest BCUT2D eigenvalue weighted by atomic mass is 10.1. The molecule has 0 atom stereocenters. The number of benzene rings is 2. The molecule has 0 aliphatic heterocycles. The highest BCUT2D eigenvalue weighted by molar-refractivity contribution is 7.20. The number of thiazole rings is 1. The van der Waals surface area contributed by atoms with E-state index >= 15 is 0 Å². The van der Waals surface area contributed by atoms with Crippen molar-refractivity contribution in [3.8, 4) is 16.4 Å². The molecule has 23 heavy (non-hydrogen) atoms. The van der Waals surface area contributed by atoms with Gasteiger partial charge in [-0.1, -0.05) is 53.3 Å². The summed E-state index contributed by atoms with van der Waals surface area (Å²) in [4.78, 5) is 16.8. The minimum absolute atomic E-state index is 0. The van der Waals surface area contributed by atoms with E-state index in [0.29, 0.717) is 5.13 Å². The first-order chi connectivity index (χ1) is 10.7. The topological polar surface area (TPSA) is 50.7 Å². The number of nitrogens with one attached hydrogen (secondary N) is 1. The molecule has 0 fully saturated rings. The van der Waals surface area contributed by atoms with Crippen molar-refractivity contribution in [3.05, 3.63) is 70.5 Å². The van der Waals surface area contributed by atoms with Crippen LogP contribution in [0.5, 0.6) is 0 Å². The number of aromatic amines is 1. The van der Waals surface area contributed by atoms with Gasteiger partial charge < -0.3 is 0 Å². The van der Waals surface area contributed by atoms with Crippen LogP contribution < -0.4 is 5.56 Å². The summed E-state index contributed by atoms with van der Waals surface area (Å²) in [6, 6.07) is 17.5. The fourth-order valence-electron chi connectivity index (χ4n) is 2.37. The Labute approximate surface area is 142 Å². The molecule has 116 valence electrons. The summed E-state index contributed by atoms with van der Waals surface area (Å²) >= 11 is 1.50. The predicted octanol–water partition coefficient (Wildman–Crippen LogP) is 4.17. The number of fused-ring (bicyclic) bond motifs is 1. The van der Waals surface area contributed by atoms with Crippen molar-refractivity contribution in [1.29, 1.82) is 0 Å². The van der Waals surface area contributed by atoms with Crippen LogP contribution in [-0.2, 0) is 0 Å². The highest BCUT2D eigenvalue weighted by Crippen LogP contribution is 2.24. The van der Waals surface area contributed by atoms with Crippen molar-refractivity contribution in [2.45, 2.75) is 6.92 Å². The van der Waals surface area contributed by atoms with Gasteiger partial charge in [0.2, 0.25) is 5.13 Å². The Morgan fingerprint density at radius 2 is 1.83 bits per heavy atom. The van der Waals surface area contributed by atoms with E-state index < -0.39 is 0 Å². The van der Waals surface area contributed by atoms with E-state index in [1.165, 1.54) is 21.6 Å². The van der Waals surface area contributed by atoms with Gasteiger partial charge in [-0.05, 0) is 24.6 Å². The number of H-pyrrole nitrogens is 1. The summed E-state index contributed by atoms with van der Waals surface area (Å²) in [5, 5.41) is 3.80. The van der Waals surface area contributed by atoms with Crippen LogP contribution in [0.2, 0.25) is 0 Å². The average molecular weight is 344 g/mol. The zero-order valence-electron chi connectivity index (χ0n) is 12.3. The SMILES string of the molecule is Cc1ccc(-c2cc(=O)n(-c3nc4ccccc4s3)[nH]2)cc1.Cl. The van der Waals surface area contributed by atoms with Gasteiger partial charge in [0.1, 0.15) is 0 Å². The van der Waals surface area contributed by atoms with E-state index in [4.69, 9.17) is 0 Å². The Morgan fingerprint density at radius 3 is 2.57 bits per heavy atom. The highest BCUT2D eigenvalue weighted by Gasteiger charge is 2.11. The number of hydrogen-bond donors (Lipinski definition) is 1. The lowest BCUT2D eigenvalue weighted by Gasteiger charge is -1.99. The smallest absolute Gasteiger partial charge is 0.273 e. The number of halogens is 1. The molecule has 4 rings (SSSR count). The molecule has 0 spiro atoms. The first-order valence-electron chi connectivity index (χ1n) is 6.96. The molecule has 4 aromatic rings. The van der Waals surface area contributed by atoms with Crippen molar-refractivity contribution in [2.75, 3.05) is 0 Å². The Hall–Kier alpha value is -2.37. The van der Waals surface area contributed by atoms with E-state index in [-0.39, 0.29) is 18.0 Å². The maximum Gasteiger partial charge on any atom is 0.273 e. The summed E-state index contributed by atoms with van der Waals surface area (Å²) in [5.74, 6) is 0. The lowest BCUT2D eigenvalue weighted by Crippen LogP contribution is -2.12. The molecule has 0 saturated carbocycles. The number of hydrogen-bond acceptors (Lipinski definition) is 3. The van der Waals surface area contributed by atoms with Gasteiger partial charge in [0.25, 0.3) is 5.56 Å². The number of rotatable bonds is 2. The Bertz CT molecular complexity index is 981. The van der Waals surface area contributed by atoms with Gasteiger partial charge in [-0.15, -0.1) is 12.4 Å². The number of aryl methyl sites for hydroxylation is 1. The van der Waals surface area contributed by atoms with Gasteiger partial charge in [-0.2, -0.15) is 4.68 Å². The Morgan fingerprint density at radius 1 is 1.09 bits per heavy atom. The van der Waals surface area contributed by atoms with Crippen LogP contribution >= 0.6 is 23.7 Å². The van der Waals surface area contributed by atoms with Crippen molar-refractivity contribution in [1.82, 2.24) is 14.8 Å². The number of aromatic nitrogens is 3. The van der Waals surface area contributed by atoms with Crippen LogP contribution in [0.3, 0.4) is 0 Å². The van der Waals surface area contributed by atoms with Crippen molar-refractivity contribution in [2.24, 2.45) is 0 Å². The second kappa shape index (κ2) is 6.02. The quantitative estimate of drug-likeness (QED) is 0.593. The molecule has 6 heteroatoms. The molecular formula is C17H14ClN3OS. The summed E-state index contributed by atoms with van der Waals surface area (Å²) in [5.41, 5.74) is 3.78. The van der Waals surface area contributed by atoms with Crippen molar-refractivity contribution in [3.63, 3.8) is 0 Å². The van der Waals surface area contributed by atoms with Crippen LogP contribution in [0.1, 0.15) is 5.56 Å². The monoisotopic (exact) mass is 343 g/mol. The molecule has 2 heterocycles.